The Morgan fingerprint density at radius 3 is 2.71 bits per heavy atom. The van der Waals surface area contributed by atoms with Crippen LogP contribution in [0, 0.1) is 5.82 Å². The lowest BCUT2D eigenvalue weighted by Crippen LogP contribution is -1.98. The van der Waals surface area contributed by atoms with Crippen LogP contribution in [0.2, 0.25) is 0 Å². The molecule has 0 radical (unpaired) electrons. The first-order chi connectivity index (χ1) is 8.16. The minimum atomic E-state index is -0.266. The predicted octanol–water partition coefficient (Wildman–Crippen LogP) is 3.75. The fourth-order valence-corrected chi connectivity index (χ4v) is 1.81. The average Bonchev–Trinajstić information content (AvgIpc) is 2.31. The Hall–Kier alpha value is -1.55. The molecule has 0 spiro atoms. The summed E-state index contributed by atoms with van der Waals surface area (Å²) in [6.07, 6.45) is 0. The zero-order valence-corrected chi connectivity index (χ0v) is 10.6. The number of rotatable bonds is 3. The van der Waals surface area contributed by atoms with Crippen LogP contribution in [0.1, 0.15) is 5.56 Å². The van der Waals surface area contributed by atoms with Crippen molar-refractivity contribution >= 4 is 21.6 Å². The van der Waals surface area contributed by atoms with Gasteiger partial charge in [-0.25, -0.2) is 4.39 Å². The van der Waals surface area contributed by atoms with E-state index < -0.39 is 0 Å². The summed E-state index contributed by atoms with van der Waals surface area (Å²) in [5.41, 5.74) is 7.12. The van der Waals surface area contributed by atoms with Gasteiger partial charge >= 0.3 is 0 Å². The number of nitrogens with two attached hydrogens (primary N) is 1. The van der Waals surface area contributed by atoms with E-state index in [1.807, 2.05) is 6.07 Å². The number of nitrogen functional groups attached to an aromatic ring is 1. The summed E-state index contributed by atoms with van der Waals surface area (Å²) in [5.74, 6) is 0.381. The van der Waals surface area contributed by atoms with Gasteiger partial charge in [0.2, 0.25) is 0 Å². The maximum absolute atomic E-state index is 13.0. The van der Waals surface area contributed by atoms with Crippen molar-refractivity contribution in [2.75, 3.05) is 5.73 Å². The molecule has 0 saturated carbocycles. The zero-order valence-electron chi connectivity index (χ0n) is 8.99. The summed E-state index contributed by atoms with van der Waals surface area (Å²) in [7, 11) is 0. The van der Waals surface area contributed by atoms with Crippen LogP contribution < -0.4 is 10.5 Å². The van der Waals surface area contributed by atoms with Gasteiger partial charge in [0.1, 0.15) is 18.2 Å². The molecule has 0 unspecified atom stereocenters. The number of hydrogen-bond donors (Lipinski definition) is 1. The quantitative estimate of drug-likeness (QED) is 0.875. The van der Waals surface area contributed by atoms with Crippen LogP contribution in [0.3, 0.4) is 0 Å². The smallest absolute Gasteiger partial charge is 0.136 e. The van der Waals surface area contributed by atoms with Crippen LogP contribution in [-0.2, 0) is 6.61 Å². The fourth-order valence-electron chi connectivity index (χ4n) is 1.43. The molecule has 0 bridgehead atoms. The van der Waals surface area contributed by atoms with Crippen LogP contribution >= 0.6 is 15.9 Å². The third kappa shape index (κ3) is 2.97. The lowest BCUT2D eigenvalue weighted by atomic mass is 10.2. The van der Waals surface area contributed by atoms with Crippen molar-refractivity contribution in [2.24, 2.45) is 0 Å². The van der Waals surface area contributed by atoms with E-state index in [9.17, 15) is 4.39 Å². The number of halogens is 2. The molecule has 0 fully saturated rings. The topological polar surface area (TPSA) is 35.2 Å². The van der Waals surface area contributed by atoms with E-state index in [2.05, 4.69) is 15.9 Å². The standard InChI is InChI=1S/C13H11BrFNO/c14-13-11(16)5-2-6-12(13)17-8-9-3-1-4-10(15)7-9/h1-7H,8,16H2. The molecule has 88 valence electrons. The first-order valence-corrected chi connectivity index (χ1v) is 5.87. The number of ether oxygens (including phenoxy) is 1. The molecule has 0 aliphatic heterocycles. The molecule has 0 heterocycles. The summed E-state index contributed by atoms with van der Waals surface area (Å²) in [6, 6.07) is 11.7. The SMILES string of the molecule is Nc1cccc(OCc2cccc(F)c2)c1Br. The number of hydrogen-bond acceptors (Lipinski definition) is 2. The molecule has 2 nitrogen and oxygen atoms in total. The maximum Gasteiger partial charge on any atom is 0.136 e. The van der Waals surface area contributed by atoms with E-state index in [4.69, 9.17) is 10.5 Å². The Bertz CT molecular complexity index is 531. The Labute approximate surface area is 107 Å². The van der Waals surface area contributed by atoms with Gasteiger partial charge in [0.15, 0.2) is 0 Å². The van der Waals surface area contributed by atoms with E-state index in [-0.39, 0.29) is 5.82 Å². The van der Waals surface area contributed by atoms with Crippen LogP contribution in [0.15, 0.2) is 46.9 Å². The molecule has 0 aromatic heterocycles. The van der Waals surface area contributed by atoms with Crippen LogP contribution in [0.4, 0.5) is 10.1 Å². The second kappa shape index (κ2) is 5.19. The van der Waals surface area contributed by atoms with Crippen LogP contribution in [-0.4, -0.2) is 0 Å². The molecule has 0 amide bonds. The van der Waals surface area contributed by atoms with Gasteiger partial charge in [0, 0.05) is 5.69 Å². The summed E-state index contributed by atoms with van der Waals surface area (Å²) in [5, 5.41) is 0. The van der Waals surface area contributed by atoms with Crippen molar-refractivity contribution in [1.29, 1.82) is 0 Å². The third-order valence-electron chi connectivity index (χ3n) is 2.28. The normalized spacial score (nSPS) is 10.2. The van der Waals surface area contributed by atoms with E-state index in [1.165, 1.54) is 12.1 Å². The first-order valence-electron chi connectivity index (χ1n) is 5.08. The minimum Gasteiger partial charge on any atom is -0.488 e. The highest BCUT2D eigenvalue weighted by atomic mass is 79.9. The van der Waals surface area contributed by atoms with E-state index >= 15 is 0 Å². The highest BCUT2D eigenvalue weighted by Gasteiger charge is 2.04. The van der Waals surface area contributed by atoms with Gasteiger partial charge < -0.3 is 10.5 Å². The summed E-state index contributed by atoms with van der Waals surface area (Å²) in [4.78, 5) is 0. The summed E-state index contributed by atoms with van der Waals surface area (Å²) >= 11 is 3.34. The minimum absolute atomic E-state index is 0.266. The van der Waals surface area contributed by atoms with Crippen molar-refractivity contribution in [3.05, 3.63) is 58.3 Å². The zero-order chi connectivity index (χ0) is 12.3. The van der Waals surface area contributed by atoms with Crippen molar-refractivity contribution in [2.45, 2.75) is 6.61 Å². The molecule has 2 aromatic carbocycles. The Balaban J connectivity index is 2.10. The lowest BCUT2D eigenvalue weighted by molar-refractivity contribution is 0.304. The second-order valence-electron chi connectivity index (χ2n) is 3.58. The molecular formula is C13H11BrFNO. The van der Waals surface area contributed by atoms with Crippen LogP contribution in [0.5, 0.6) is 5.75 Å². The molecule has 0 atom stereocenters. The van der Waals surface area contributed by atoms with Crippen molar-refractivity contribution in [3.8, 4) is 5.75 Å². The van der Waals surface area contributed by atoms with Gasteiger partial charge in [-0.3, -0.25) is 0 Å². The summed E-state index contributed by atoms with van der Waals surface area (Å²) < 4.78 is 19.2. The Kier molecular flexibility index (Phi) is 3.64. The van der Waals surface area contributed by atoms with Crippen molar-refractivity contribution in [3.63, 3.8) is 0 Å². The van der Waals surface area contributed by atoms with Gasteiger partial charge in [-0.1, -0.05) is 18.2 Å². The van der Waals surface area contributed by atoms with Gasteiger partial charge in [0.25, 0.3) is 0 Å². The van der Waals surface area contributed by atoms with Gasteiger partial charge in [-0.15, -0.1) is 0 Å². The number of benzene rings is 2. The van der Waals surface area contributed by atoms with E-state index in [0.29, 0.717) is 18.0 Å². The van der Waals surface area contributed by atoms with E-state index in [1.54, 1.807) is 24.3 Å². The molecule has 0 saturated heterocycles. The maximum atomic E-state index is 13.0. The molecule has 2 N–H and O–H groups in total. The first kappa shape index (κ1) is 11.9. The van der Waals surface area contributed by atoms with Gasteiger partial charge in [-0.05, 0) is 45.8 Å². The monoisotopic (exact) mass is 295 g/mol. The molecule has 0 aliphatic rings. The largest absolute Gasteiger partial charge is 0.488 e. The Morgan fingerprint density at radius 2 is 1.94 bits per heavy atom. The Morgan fingerprint density at radius 1 is 1.18 bits per heavy atom. The molecule has 0 aliphatic carbocycles. The summed E-state index contributed by atoms with van der Waals surface area (Å²) in [6.45, 7) is 0.305. The molecular weight excluding hydrogens is 285 g/mol. The van der Waals surface area contributed by atoms with Gasteiger partial charge in [0.05, 0.1) is 4.47 Å². The molecule has 2 rings (SSSR count). The predicted molar refractivity (Wildman–Crippen MR) is 69.3 cm³/mol. The number of anilines is 1. The highest BCUT2D eigenvalue weighted by Crippen LogP contribution is 2.30. The molecule has 4 heteroatoms. The van der Waals surface area contributed by atoms with Crippen molar-refractivity contribution in [1.82, 2.24) is 0 Å². The third-order valence-corrected chi connectivity index (χ3v) is 3.13. The van der Waals surface area contributed by atoms with E-state index in [0.717, 1.165) is 10.0 Å². The van der Waals surface area contributed by atoms with Crippen LogP contribution in [0.25, 0.3) is 0 Å². The highest BCUT2D eigenvalue weighted by molar-refractivity contribution is 9.10. The van der Waals surface area contributed by atoms with Crippen molar-refractivity contribution < 1.29 is 9.13 Å². The molecule has 17 heavy (non-hydrogen) atoms. The second-order valence-corrected chi connectivity index (χ2v) is 4.37. The lowest BCUT2D eigenvalue weighted by Gasteiger charge is -2.09. The fraction of sp³-hybridized carbons (Fsp3) is 0.0769. The molecule has 2 aromatic rings. The average molecular weight is 296 g/mol. The van der Waals surface area contributed by atoms with Gasteiger partial charge in [-0.2, -0.15) is 0 Å².